The number of benzene rings is 1. The van der Waals surface area contributed by atoms with E-state index in [2.05, 4.69) is 19.9 Å². The number of sulfonamides is 1. The molecule has 0 aliphatic heterocycles. The maximum Gasteiger partial charge on any atom is 0.232 e. The third-order valence-corrected chi connectivity index (χ3v) is 5.25. The highest BCUT2D eigenvalue weighted by Gasteiger charge is 2.26. The lowest BCUT2D eigenvalue weighted by Gasteiger charge is -2.15. The molecule has 138 valence electrons. The Kier molecular flexibility index (Phi) is 4.88. The number of fused-ring (bicyclic) bond motifs is 1. The van der Waals surface area contributed by atoms with Crippen LogP contribution in [-0.2, 0) is 10.0 Å². The van der Waals surface area contributed by atoms with Crippen molar-refractivity contribution < 1.29 is 22.3 Å². The molecule has 0 aliphatic carbocycles. The van der Waals surface area contributed by atoms with Gasteiger partial charge in [0.1, 0.15) is 11.9 Å². The number of anilines is 1. The number of aliphatic hydroxyl groups is 1. The first-order valence-corrected chi connectivity index (χ1v) is 9.44. The number of halogens is 2. The van der Waals surface area contributed by atoms with Gasteiger partial charge in [-0.1, -0.05) is 6.92 Å². The SMILES string of the molecule is CCCS(=O)(=O)Nc1ccc(F)c(C(O)c2[nH]nc3ncccc23)c1F. The molecule has 1 aromatic carbocycles. The number of rotatable bonds is 6. The first-order chi connectivity index (χ1) is 12.3. The fraction of sp³-hybridized carbons (Fsp3) is 0.250. The summed E-state index contributed by atoms with van der Waals surface area (Å²) in [5.74, 6) is -2.41. The van der Waals surface area contributed by atoms with Gasteiger partial charge in [-0.3, -0.25) is 9.82 Å². The Morgan fingerprint density at radius 2 is 2.08 bits per heavy atom. The predicted octanol–water partition coefficient (Wildman–Crippen LogP) is 2.47. The molecule has 0 spiro atoms. The molecule has 7 nitrogen and oxygen atoms in total. The van der Waals surface area contributed by atoms with E-state index in [4.69, 9.17) is 0 Å². The summed E-state index contributed by atoms with van der Waals surface area (Å²) < 4.78 is 54.8. The van der Waals surface area contributed by atoms with Crippen LogP contribution in [0.2, 0.25) is 0 Å². The minimum Gasteiger partial charge on any atom is -0.382 e. The number of aromatic nitrogens is 3. The van der Waals surface area contributed by atoms with E-state index in [-0.39, 0.29) is 17.1 Å². The first kappa shape index (κ1) is 18.2. The lowest BCUT2D eigenvalue weighted by molar-refractivity contribution is 0.206. The van der Waals surface area contributed by atoms with Crippen molar-refractivity contribution in [3.63, 3.8) is 0 Å². The molecule has 0 amide bonds. The van der Waals surface area contributed by atoms with E-state index >= 15 is 0 Å². The maximum absolute atomic E-state index is 14.8. The molecule has 3 rings (SSSR count). The van der Waals surface area contributed by atoms with Crippen molar-refractivity contribution in [2.75, 3.05) is 10.5 Å². The van der Waals surface area contributed by atoms with Crippen LogP contribution < -0.4 is 4.72 Å². The van der Waals surface area contributed by atoms with Crippen LogP contribution in [0, 0.1) is 11.6 Å². The molecule has 2 aromatic heterocycles. The maximum atomic E-state index is 14.8. The summed E-state index contributed by atoms with van der Waals surface area (Å²) in [6, 6.07) is 5.05. The molecule has 2 heterocycles. The van der Waals surface area contributed by atoms with Crippen molar-refractivity contribution in [3.05, 3.63) is 53.4 Å². The molecule has 0 saturated heterocycles. The van der Waals surface area contributed by atoms with E-state index in [0.717, 1.165) is 12.1 Å². The van der Waals surface area contributed by atoms with Gasteiger partial charge in [0.2, 0.25) is 10.0 Å². The van der Waals surface area contributed by atoms with Crippen LogP contribution in [0.25, 0.3) is 11.0 Å². The lowest BCUT2D eigenvalue weighted by atomic mass is 10.0. The molecule has 3 aromatic rings. The van der Waals surface area contributed by atoms with E-state index in [1.165, 1.54) is 6.20 Å². The molecule has 0 bridgehead atoms. The number of nitrogens with one attached hydrogen (secondary N) is 2. The quantitative estimate of drug-likeness (QED) is 0.607. The zero-order chi connectivity index (χ0) is 18.9. The van der Waals surface area contributed by atoms with E-state index in [1.807, 2.05) is 0 Å². The summed E-state index contributed by atoms with van der Waals surface area (Å²) >= 11 is 0. The van der Waals surface area contributed by atoms with Gasteiger partial charge in [-0.2, -0.15) is 5.10 Å². The van der Waals surface area contributed by atoms with Crippen molar-refractivity contribution in [2.24, 2.45) is 0 Å². The minimum absolute atomic E-state index is 0.0551. The smallest absolute Gasteiger partial charge is 0.232 e. The molecule has 26 heavy (non-hydrogen) atoms. The molecule has 0 radical (unpaired) electrons. The summed E-state index contributed by atoms with van der Waals surface area (Å²) in [4.78, 5) is 3.98. The van der Waals surface area contributed by atoms with Crippen LogP contribution in [0.1, 0.15) is 30.7 Å². The van der Waals surface area contributed by atoms with Gasteiger partial charge in [-0.15, -0.1) is 0 Å². The Morgan fingerprint density at radius 3 is 2.81 bits per heavy atom. The highest BCUT2D eigenvalue weighted by molar-refractivity contribution is 7.92. The third kappa shape index (κ3) is 3.37. The van der Waals surface area contributed by atoms with Crippen LogP contribution in [0.3, 0.4) is 0 Å². The molecule has 0 aliphatic rings. The molecular weight excluding hydrogens is 366 g/mol. The first-order valence-electron chi connectivity index (χ1n) is 7.79. The summed E-state index contributed by atoms with van der Waals surface area (Å²) in [6.45, 7) is 1.66. The van der Waals surface area contributed by atoms with Crippen molar-refractivity contribution >= 4 is 26.7 Å². The van der Waals surface area contributed by atoms with Gasteiger partial charge in [0, 0.05) is 11.6 Å². The number of pyridine rings is 1. The van der Waals surface area contributed by atoms with Gasteiger partial charge in [0.15, 0.2) is 11.5 Å². The van der Waals surface area contributed by atoms with Crippen LogP contribution in [0.4, 0.5) is 14.5 Å². The number of nitrogens with zero attached hydrogens (tertiary/aromatic N) is 2. The van der Waals surface area contributed by atoms with E-state index in [9.17, 15) is 22.3 Å². The van der Waals surface area contributed by atoms with Crippen LogP contribution in [0.15, 0.2) is 30.5 Å². The average Bonchev–Trinajstić information content (AvgIpc) is 3.01. The molecule has 1 unspecified atom stereocenters. The number of hydrogen-bond acceptors (Lipinski definition) is 5. The highest BCUT2D eigenvalue weighted by atomic mass is 32.2. The van der Waals surface area contributed by atoms with Crippen molar-refractivity contribution in [2.45, 2.75) is 19.4 Å². The second-order valence-corrected chi connectivity index (χ2v) is 7.50. The van der Waals surface area contributed by atoms with Gasteiger partial charge in [-0.05, 0) is 30.7 Å². The Hall–Kier alpha value is -2.59. The fourth-order valence-corrected chi connectivity index (χ4v) is 3.74. The van der Waals surface area contributed by atoms with Crippen molar-refractivity contribution in [3.8, 4) is 0 Å². The minimum atomic E-state index is -3.78. The standard InChI is InChI=1S/C16H16F2N4O3S/c1-2-8-26(24,25)22-11-6-5-10(17)12(13(11)18)15(23)14-9-4-3-7-19-16(9)21-20-14/h3-7,15,22-23H,2,8H2,1H3,(H,19,20,21). The zero-order valence-corrected chi connectivity index (χ0v) is 14.5. The zero-order valence-electron chi connectivity index (χ0n) is 13.7. The normalized spacial score (nSPS) is 13.1. The molecular formula is C16H16F2N4O3S. The summed E-state index contributed by atoms with van der Waals surface area (Å²) in [5.41, 5.74) is -0.784. The van der Waals surface area contributed by atoms with Gasteiger partial charge in [0.25, 0.3) is 0 Å². The second-order valence-electron chi connectivity index (χ2n) is 5.66. The van der Waals surface area contributed by atoms with Crippen LogP contribution in [0.5, 0.6) is 0 Å². The fourth-order valence-electron chi connectivity index (χ4n) is 2.61. The van der Waals surface area contributed by atoms with E-state index in [1.54, 1.807) is 19.1 Å². The van der Waals surface area contributed by atoms with Crippen LogP contribution in [-0.4, -0.2) is 34.5 Å². The summed E-state index contributed by atoms with van der Waals surface area (Å²) in [6.07, 6.45) is 0.101. The largest absolute Gasteiger partial charge is 0.382 e. The summed E-state index contributed by atoms with van der Waals surface area (Å²) in [5, 5.41) is 17.3. The Bertz CT molecular complexity index is 1050. The number of aromatic amines is 1. The predicted molar refractivity (Wildman–Crippen MR) is 92.0 cm³/mol. The molecule has 3 N–H and O–H groups in total. The third-order valence-electron chi connectivity index (χ3n) is 3.77. The van der Waals surface area contributed by atoms with E-state index < -0.39 is 39.0 Å². The Labute approximate surface area is 148 Å². The molecule has 0 saturated carbocycles. The Morgan fingerprint density at radius 1 is 1.31 bits per heavy atom. The number of hydrogen-bond donors (Lipinski definition) is 3. The van der Waals surface area contributed by atoms with E-state index in [0.29, 0.717) is 11.8 Å². The topological polar surface area (TPSA) is 108 Å². The Balaban J connectivity index is 2.06. The number of H-pyrrole nitrogens is 1. The summed E-state index contributed by atoms with van der Waals surface area (Å²) in [7, 11) is -3.78. The van der Waals surface area contributed by atoms with Crippen LogP contribution >= 0.6 is 0 Å². The van der Waals surface area contributed by atoms with Gasteiger partial charge < -0.3 is 5.11 Å². The highest BCUT2D eigenvalue weighted by Crippen LogP contribution is 2.32. The molecule has 0 fully saturated rings. The van der Waals surface area contributed by atoms with Crippen molar-refractivity contribution in [1.29, 1.82) is 0 Å². The van der Waals surface area contributed by atoms with Gasteiger partial charge in [-0.25, -0.2) is 22.2 Å². The van der Waals surface area contributed by atoms with Gasteiger partial charge in [0.05, 0.1) is 22.7 Å². The lowest BCUT2D eigenvalue weighted by Crippen LogP contribution is -2.18. The number of aliphatic hydroxyl groups excluding tert-OH is 1. The second kappa shape index (κ2) is 6.96. The monoisotopic (exact) mass is 382 g/mol. The van der Waals surface area contributed by atoms with Gasteiger partial charge >= 0.3 is 0 Å². The molecule has 1 atom stereocenters. The molecule has 10 heteroatoms. The van der Waals surface area contributed by atoms with Crippen molar-refractivity contribution in [1.82, 2.24) is 15.2 Å². The average molecular weight is 382 g/mol.